The van der Waals surface area contributed by atoms with Crippen LogP contribution in [0.2, 0.25) is 0 Å². The van der Waals surface area contributed by atoms with Crippen molar-refractivity contribution >= 4 is 44.9 Å². The molecule has 0 radical (unpaired) electrons. The van der Waals surface area contributed by atoms with E-state index in [-0.39, 0.29) is 5.75 Å². The molecule has 25 heavy (non-hydrogen) atoms. The lowest BCUT2D eigenvalue weighted by molar-refractivity contribution is -0.133. The minimum atomic E-state index is -0.842. The van der Waals surface area contributed by atoms with Gasteiger partial charge in [0, 0.05) is 10.8 Å². The van der Waals surface area contributed by atoms with E-state index >= 15 is 0 Å². The fourth-order valence-corrected chi connectivity index (χ4v) is 5.72. The summed E-state index contributed by atoms with van der Waals surface area (Å²) < 4.78 is 2.03. The minimum Gasteiger partial charge on any atom is -0.481 e. The first-order valence-corrected chi connectivity index (χ1v) is 10.5. The van der Waals surface area contributed by atoms with Gasteiger partial charge >= 0.3 is 5.97 Å². The lowest BCUT2D eigenvalue weighted by Gasteiger charge is -2.17. The molecule has 3 heterocycles. The zero-order chi connectivity index (χ0) is 17.1. The SMILES string of the molecule is C[C@H]1CCc2c(sc3nc(C4CC4)n4c(SCC(=O)O)nnc4c23)C1. The van der Waals surface area contributed by atoms with Gasteiger partial charge in [0.15, 0.2) is 10.8 Å². The summed E-state index contributed by atoms with van der Waals surface area (Å²) in [6, 6.07) is 0. The maximum absolute atomic E-state index is 11.0. The Hall–Kier alpha value is -1.67. The minimum absolute atomic E-state index is 0.0117. The molecule has 3 aromatic rings. The van der Waals surface area contributed by atoms with Crippen molar-refractivity contribution in [1.29, 1.82) is 0 Å². The molecule has 0 saturated heterocycles. The first-order chi connectivity index (χ1) is 12.1. The van der Waals surface area contributed by atoms with Gasteiger partial charge in [0.05, 0.1) is 11.1 Å². The normalized spacial score (nSPS) is 20.3. The van der Waals surface area contributed by atoms with Crippen LogP contribution in [0.5, 0.6) is 0 Å². The second-order valence-electron chi connectivity index (χ2n) is 7.10. The first kappa shape index (κ1) is 15.6. The number of aromatic nitrogens is 4. The molecule has 130 valence electrons. The van der Waals surface area contributed by atoms with E-state index in [2.05, 4.69) is 17.1 Å². The third-order valence-electron chi connectivity index (χ3n) is 5.06. The van der Waals surface area contributed by atoms with Gasteiger partial charge in [-0.1, -0.05) is 18.7 Å². The highest BCUT2D eigenvalue weighted by Crippen LogP contribution is 2.44. The quantitative estimate of drug-likeness (QED) is 0.704. The molecule has 3 aromatic heterocycles. The largest absolute Gasteiger partial charge is 0.481 e. The van der Waals surface area contributed by atoms with E-state index in [1.54, 1.807) is 0 Å². The predicted molar refractivity (Wildman–Crippen MR) is 97.7 cm³/mol. The summed E-state index contributed by atoms with van der Waals surface area (Å²) in [6.07, 6.45) is 5.66. The van der Waals surface area contributed by atoms with Crippen LogP contribution in [0.25, 0.3) is 15.9 Å². The van der Waals surface area contributed by atoms with E-state index < -0.39 is 5.97 Å². The number of hydrogen-bond donors (Lipinski definition) is 1. The van der Waals surface area contributed by atoms with Crippen LogP contribution in [-0.2, 0) is 17.6 Å². The topological polar surface area (TPSA) is 80.4 Å². The highest BCUT2D eigenvalue weighted by Gasteiger charge is 2.32. The number of aliphatic carboxylic acids is 1. The molecule has 6 nitrogen and oxygen atoms in total. The van der Waals surface area contributed by atoms with Crippen molar-refractivity contribution in [2.24, 2.45) is 5.92 Å². The molecule has 2 aliphatic rings. The third-order valence-corrected chi connectivity index (χ3v) is 7.12. The van der Waals surface area contributed by atoms with Crippen molar-refractivity contribution in [3.63, 3.8) is 0 Å². The Balaban J connectivity index is 1.75. The van der Waals surface area contributed by atoms with Gasteiger partial charge in [0.2, 0.25) is 0 Å². The number of rotatable bonds is 4. The van der Waals surface area contributed by atoms with E-state index in [0.29, 0.717) is 11.1 Å². The Morgan fingerprint density at radius 1 is 1.36 bits per heavy atom. The average Bonchev–Trinajstić information content (AvgIpc) is 3.23. The fraction of sp³-hybridized carbons (Fsp3) is 0.529. The van der Waals surface area contributed by atoms with Crippen molar-refractivity contribution in [2.75, 3.05) is 5.75 Å². The van der Waals surface area contributed by atoms with Gasteiger partial charge in [-0.05, 0) is 43.6 Å². The number of carboxylic acid groups (broad SMARTS) is 1. The maximum atomic E-state index is 11.0. The van der Waals surface area contributed by atoms with Crippen LogP contribution in [0, 0.1) is 5.92 Å². The van der Waals surface area contributed by atoms with Crippen LogP contribution in [0.1, 0.15) is 48.4 Å². The molecule has 5 rings (SSSR count). The molecule has 2 aliphatic carbocycles. The van der Waals surface area contributed by atoms with Crippen molar-refractivity contribution < 1.29 is 9.90 Å². The summed E-state index contributed by atoms with van der Waals surface area (Å²) in [5.74, 6) is 1.32. The number of thioether (sulfide) groups is 1. The third kappa shape index (κ3) is 2.54. The summed E-state index contributed by atoms with van der Waals surface area (Å²) in [6.45, 7) is 2.31. The highest BCUT2D eigenvalue weighted by atomic mass is 32.2. The number of thiophene rings is 1. The second kappa shape index (κ2) is 5.67. The fourth-order valence-electron chi connectivity index (χ4n) is 3.67. The van der Waals surface area contributed by atoms with Crippen LogP contribution in [0.15, 0.2) is 5.16 Å². The Labute approximate surface area is 152 Å². The van der Waals surface area contributed by atoms with Gasteiger partial charge < -0.3 is 5.11 Å². The Morgan fingerprint density at radius 3 is 2.96 bits per heavy atom. The summed E-state index contributed by atoms with van der Waals surface area (Å²) in [5, 5.41) is 19.6. The summed E-state index contributed by atoms with van der Waals surface area (Å²) in [5.41, 5.74) is 2.26. The van der Waals surface area contributed by atoms with Crippen molar-refractivity contribution in [3.8, 4) is 0 Å². The number of aryl methyl sites for hydroxylation is 1. The summed E-state index contributed by atoms with van der Waals surface area (Å²) in [7, 11) is 0. The van der Waals surface area contributed by atoms with Gasteiger partial charge in [-0.25, -0.2) is 4.98 Å². The Bertz CT molecular complexity index is 1010. The van der Waals surface area contributed by atoms with Gasteiger partial charge in [-0.2, -0.15) is 0 Å². The highest BCUT2D eigenvalue weighted by molar-refractivity contribution is 7.99. The molecule has 1 fully saturated rings. The number of carboxylic acids is 1. The van der Waals surface area contributed by atoms with Gasteiger partial charge in [-0.15, -0.1) is 21.5 Å². The molecule has 0 aromatic carbocycles. The number of nitrogens with zero attached hydrogens (tertiary/aromatic N) is 4. The molecule has 1 atom stereocenters. The van der Waals surface area contributed by atoms with Crippen molar-refractivity contribution in [3.05, 3.63) is 16.3 Å². The number of hydrogen-bond acceptors (Lipinski definition) is 6. The maximum Gasteiger partial charge on any atom is 0.313 e. The molecule has 1 N–H and O–H groups in total. The van der Waals surface area contributed by atoms with Crippen LogP contribution in [0.4, 0.5) is 0 Å². The van der Waals surface area contributed by atoms with Crippen LogP contribution in [-0.4, -0.2) is 36.4 Å². The van der Waals surface area contributed by atoms with Gasteiger partial charge in [0.25, 0.3) is 0 Å². The van der Waals surface area contributed by atoms with Crippen LogP contribution < -0.4 is 0 Å². The van der Waals surface area contributed by atoms with Crippen LogP contribution in [0.3, 0.4) is 0 Å². The molecule has 8 heteroatoms. The molecule has 0 aliphatic heterocycles. The lowest BCUT2D eigenvalue weighted by atomic mass is 9.89. The van der Waals surface area contributed by atoms with E-state index in [1.807, 2.05) is 15.7 Å². The van der Waals surface area contributed by atoms with E-state index in [4.69, 9.17) is 10.1 Å². The molecular formula is C17H18N4O2S2. The first-order valence-electron chi connectivity index (χ1n) is 8.65. The monoisotopic (exact) mass is 374 g/mol. The standard InChI is InChI=1S/C17H18N4O2S2/c1-8-2-5-10-11(6-8)25-16-13(10)15-19-20-17(24-7-12(22)23)21(15)14(18-16)9-3-4-9/h8-9H,2-7H2,1H3,(H,22,23)/t8-/m0/s1. The summed E-state index contributed by atoms with van der Waals surface area (Å²) in [4.78, 5) is 18.5. The average molecular weight is 374 g/mol. The lowest BCUT2D eigenvalue weighted by Crippen LogP contribution is -2.09. The van der Waals surface area contributed by atoms with Gasteiger partial charge in [0.1, 0.15) is 10.7 Å². The molecule has 0 unspecified atom stereocenters. The number of fused-ring (bicyclic) bond motifs is 5. The Kier molecular flexibility index (Phi) is 3.53. The van der Waals surface area contributed by atoms with E-state index in [1.165, 1.54) is 28.6 Å². The molecular weight excluding hydrogens is 356 g/mol. The Morgan fingerprint density at radius 2 is 2.20 bits per heavy atom. The number of carbonyl (C=O) groups is 1. The molecule has 1 saturated carbocycles. The van der Waals surface area contributed by atoms with Gasteiger partial charge in [-0.3, -0.25) is 9.20 Å². The molecule has 0 spiro atoms. The molecule has 0 amide bonds. The summed E-state index contributed by atoms with van der Waals surface area (Å²) >= 11 is 3.04. The second-order valence-corrected chi connectivity index (χ2v) is 9.13. The predicted octanol–water partition coefficient (Wildman–Crippen LogP) is 3.52. The van der Waals surface area contributed by atoms with Crippen LogP contribution >= 0.6 is 23.1 Å². The van der Waals surface area contributed by atoms with E-state index in [0.717, 1.165) is 53.3 Å². The van der Waals surface area contributed by atoms with Crippen molar-refractivity contribution in [2.45, 2.75) is 50.1 Å². The van der Waals surface area contributed by atoms with E-state index in [9.17, 15) is 4.79 Å². The smallest absolute Gasteiger partial charge is 0.313 e. The molecule has 0 bridgehead atoms. The van der Waals surface area contributed by atoms with Crippen molar-refractivity contribution in [1.82, 2.24) is 19.6 Å². The zero-order valence-corrected chi connectivity index (χ0v) is 15.5. The zero-order valence-electron chi connectivity index (χ0n) is 13.9.